The van der Waals surface area contributed by atoms with E-state index in [0.717, 1.165) is 12.8 Å². The zero-order chi connectivity index (χ0) is 13.1. The summed E-state index contributed by atoms with van der Waals surface area (Å²) in [7, 11) is 0. The van der Waals surface area contributed by atoms with Gasteiger partial charge in [0.25, 0.3) is 0 Å². The standard InChI is InChI=1S/C14H18N2O2/c1-9-6-12(7-10(2)17-9)18-13-5-3-4-11(8-15)14(13)16/h3-5,9-10,12H,6-7,16H2,1-2H3. The van der Waals surface area contributed by atoms with E-state index in [1.807, 2.05) is 13.8 Å². The molecule has 1 saturated heterocycles. The molecule has 1 fully saturated rings. The first-order chi connectivity index (χ1) is 8.60. The average molecular weight is 246 g/mol. The van der Waals surface area contributed by atoms with E-state index in [2.05, 4.69) is 6.07 Å². The van der Waals surface area contributed by atoms with Gasteiger partial charge in [-0.05, 0) is 26.0 Å². The van der Waals surface area contributed by atoms with Gasteiger partial charge in [-0.1, -0.05) is 6.07 Å². The van der Waals surface area contributed by atoms with Gasteiger partial charge in [0.1, 0.15) is 17.9 Å². The second-order valence-electron chi connectivity index (χ2n) is 4.80. The van der Waals surface area contributed by atoms with Gasteiger partial charge in [0.15, 0.2) is 0 Å². The van der Waals surface area contributed by atoms with E-state index in [-0.39, 0.29) is 18.3 Å². The average Bonchev–Trinajstić information content (AvgIpc) is 2.30. The van der Waals surface area contributed by atoms with Crippen molar-refractivity contribution in [1.29, 1.82) is 5.26 Å². The van der Waals surface area contributed by atoms with Crippen LogP contribution < -0.4 is 10.5 Å². The second kappa shape index (κ2) is 5.28. The minimum atomic E-state index is 0.0972. The Kier molecular flexibility index (Phi) is 3.73. The molecule has 0 aromatic heterocycles. The maximum Gasteiger partial charge on any atom is 0.143 e. The molecule has 4 nitrogen and oxygen atoms in total. The molecule has 4 heteroatoms. The van der Waals surface area contributed by atoms with Gasteiger partial charge in [0.2, 0.25) is 0 Å². The number of nitrogens with two attached hydrogens (primary N) is 1. The summed E-state index contributed by atoms with van der Waals surface area (Å²) in [5.74, 6) is 0.598. The summed E-state index contributed by atoms with van der Waals surface area (Å²) >= 11 is 0. The van der Waals surface area contributed by atoms with Gasteiger partial charge >= 0.3 is 0 Å². The molecular weight excluding hydrogens is 228 g/mol. The molecule has 1 aromatic rings. The summed E-state index contributed by atoms with van der Waals surface area (Å²) < 4.78 is 11.6. The predicted molar refractivity (Wildman–Crippen MR) is 69.2 cm³/mol. The van der Waals surface area contributed by atoms with E-state index in [1.165, 1.54) is 0 Å². The normalized spacial score (nSPS) is 27.5. The third-order valence-electron chi connectivity index (χ3n) is 3.13. The van der Waals surface area contributed by atoms with Crippen LogP contribution in [0.25, 0.3) is 0 Å². The summed E-state index contributed by atoms with van der Waals surface area (Å²) in [4.78, 5) is 0. The highest BCUT2D eigenvalue weighted by Gasteiger charge is 2.26. The first-order valence-electron chi connectivity index (χ1n) is 6.21. The first-order valence-corrected chi connectivity index (χ1v) is 6.21. The van der Waals surface area contributed by atoms with E-state index < -0.39 is 0 Å². The highest BCUT2D eigenvalue weighted by molar-refractivity contribution is 5.63. The smallest absolute Gasteiger partial charge is 0.143 e. The third-order valence-corrected chi connectivity index (χ3v) is 3.13. The number of nitrogens with zero attached hydrogens (tertiary/aromatic N) is 1. The Balaban J connectivity index is 2.12. The van der Waals surface area contributed by atoms with Crippen LogP contribution in [-0.2, 0) is 4.74 Å². The molecule has 1 aliphatic heterocycles. The van der Waals surface area contributed by atoms with E-state index in [0.29, 0.717) is 17.0 Å². The Morgan fingerprint density at radius 2 is 2.00 bits per heavy atom. The van der Waals surface area contributed by atoms with Crippen molar-refractivity contribution in [3.8, 4) is 11.8 Å². The second-order valence-corrected chi connectivity index (χ2v) is 4.80. The molecule has 0 saturated carbocycles. The fraction of sp³-hybridized carbons (Fsp3) is 0.500. The maximum absolute atomic E-state index is 8.93. The van der Waals surface area contributed by atoms with E-state index in [1.54, 1.807) is 18.2 Å². The van der Waals surface area contributed by atoms with Crippen LogP contribution in [0.1, 0.15) is 32.3 Å². The SMILES string of the molecule is CC1CC(Oc2cccc(C#N)c2N)CC(C)O1. The Morgan fingerprint density at radius 3 is 2.61 bits per heavy atom. The fourth-order valence-corrected chi connectivity index (χ4v) is 2.36. The van der Waals surface area contributed by atoms with Crippen LogP contribution in [0, 0.1) is 11.3 Å². The highest BCUT2D eigenvalue weighted by atomic mass is 16.5. The van der Waals surface area contributed by atoms with Gasteiger partial charge in [0, 0.05) is 12.8 Å². The Morgan fingerprint density at radius 1 is 1.33 bits per heavy atom. The molecule has 1 aliphatic rings. The molecule has 2 rings (SSSR count). The van der Waals surface area contributed by atoms with Gasteiger partial charge in [-0.15, -0.1) is 0 Å². The van der Waals surface area contributed by atoms with Crippen molar-refractivity contribution in [2.75, 3.05) is 5.73 Å². The molecule has 2 N–H and O–H groups in total. The molecule has 0 spiro atoms. The molecule has 0 amide bonds. The molecular formula is C14H18N2O2. The molecule has 2 unspecified atom stereocenters. The lowest BCUT2D eigenvalue weighted by Gasteiger charge is -2.32. The van der Waals surface area contributed by atoms with Gasteiger partial charge in [-0.3, -0.25) is 0 Å². The molecule has 2 atom stereocenters. The Bertz CT molecular complexity index is 457. The summed E-state index contributed by atoms with van der Waals surface area (Å²) in [5, 5.41) is 8.93. The van der Waals surface area contributed by atoms with Crippen LogP contribution in [-0.4, -0.2) is 18.3 Å². The van der Waals surface area contributed by atoms with E-state index in [9.17, 15) is 0 Å². The summed E-state index contributed by atoms with van der Waals surface area (Å²) in [6.45, 7) is 4.09. The number of rotatable bonds is 2. The number of anilines is 1. The molecule has 0 radical (unpaired) electrons. The zero-order valence-corrected chi connectivity index (χ0v) is 10.7. The molecule has 96 valence electrons. The van der Waals surface area contributed by atoms with E-state index >= 15 is 0 Å². The van der Waals surface area contributed by atoms with Crippen molar-refractivity contribution in [2.45, 2.75) is 45.0 Å². The van der Waals surface area contributed by atoms with Gasteiger partial charge in [-0.25, -0.2) is 0 Å². The molecule has 0 aliphatic carbocycles. The third kappa shape index (κ3) is 2.74. The number of nitriles is 1. The summed E-state index contributed by atoms with van der Waals surface area (Å²) in [6.07, 6.45) is 2.18. The molecule has 18 heavy (non-hydrogen) atoms. The quantitative estimate of drug-likeness (QED) is 0.814. The van der Waals surface area contributed by atoms with E-state index in [4.69, 9.17) is 20.5 Å². The van der Waals surface area contributed by atoms with Gasteiger partial charge < -0.3 is 15.2 Å². The van der Waals surface area contributed by atoms with Crippen LogP contribution in [0.5, 0.6) is 5.75 Å². The van der Waals surface area contributed by atoms with Crippen LogP contribution >= 0.6 is 0 Å². The maximum atomic E-state index is 8.93. The van der Waals surface area contributed by atoms with Crippen LogP contribution in [0.3, 0.4) is 0 Å². The molecule has 1 aromatic carbocycles. The monoisotopic (exact) mass is 246 g/mol. The highest BCUT2D eigenvalue weighted by Crippen LogP contribution is 2.29. The number of para-hydroxylation sites is 1. The lowest BCUT2D eigenvalue weighted by molar-refractivity contribution is -0.0720. The van der Waals surface area contributed by atoms with Crippen molar-refractivity contribution in [3.63, 3.8) is 0 Å². The fourth-order valence-electron chi connectivity index (χ4n) is 2.36. The van der Waals surface area contributed by atoms with Crippen LogP contribution in [0.4, 0.5) is 5.69 Å². The van der Waals surface area contributed by atoms with Crippen LogP contribution in [0.15, 0.2) is 18.2 Å². The number of nitrogen functional groups attached to an aromatic ring is 1. The summed E-state index contributed by atoms with van der Waals surface area (Å²) in [6, 6.07) is 7.35. The molecule has 1 heterocycles. The van der Waals surface area contributed by atoms with Crippen molar-refractivity contribution in [3.05, 3.63) is 23.8 Å². The lowest BCUT2D eigenvalue weighted by atomic mass is 10.0. The van der Waals surface area contributed by atoms with Crippen molar-refractivity contribution in [1.82, 2.24) is 0 Å². The number of hydrogen-bond donors (Lipinski definition) is 1. The number of hydrogen-bond acceptors (Lipinski definition) is 4. The van der Waals surface area contributed by atoms with Crippen molar-refractivity contribution >= 4 is 5.69 Å². The first kappa shape index (κ1) is 12.7. The largest absolute Gasteiger partial charge is 0.488 e. The predicted octanol–water partition coefficient (Wildman–Crippen LogP) is 2.48. The summed E-state index contributed by atoms with van der Waals surface area (Å²) in [5.41, 5.74) is 6.78. The number of ether oxygens (including phenoxy) is 2. The minimum Gasteiger partial charge on any atom is -0.488 e. The molecule has 0 bridgehead atoms. The topological polar surface area (TPSA) is 68.3 Å². The van der Waals surface area contributed by atoms with Crippen molar-refractivity contribution in [2.24, 2.45) is 0 Å². The lowest BCUT2D eigenvalue weighted by Crippen LogP contribution is -2.35. The number of benzene rings is 1. The zero-order valence-electron chi connectivity index (χ0n) is 10.7. The van der Waals surface area contributed by atoms with Gasteiger partial charge in [-0.2, -0.15) is 5.26 Å². The van der Waals surface area contributed by atoms with Crippen LogP contribution in [0.2, 0.25) is 0 Å². The Hall–Kier alpha value is -1.73. The van der Waals surface area contributed by atoms with Gasteiger partial charge in [0.05, 0.1) is 23.5 Å². The minimum absolute atomic E-state index is 0.0972. The Labute approximate surface area is 107 Å². The van der Waals surface area contributed by atoms with Crippen molar-refractivity contribution < 1.29 is 9.47 Å².